The molecule has 0 aromatic carbocycles. The van der Waals surface area contributed by atoms with Gasteiger partial charge in [-0.1, -0.05) is 6.42 Å². The van der Waals surface area contributed by atoms with Crippen molar-refractivity contribution in [1.82, 2.24) is 0 Å². The number of aliphatic hydroxyl groups excluding tert-OH is 1. The van der Waals surface area contributed by atoms with E-state index in [9.17, 15) is 0 Å². The van der Waals surface area contributed by atoms with Gasteiger partial charge in [0, 0.05) is 13.7 Å². The highest BCUT2D eigenvalue weighted by Crippen LogP contribution is 2.32. The monoisotopic (exact) mass is 144 g/mol. The lowest BCUT2D eigenvalue weighted by molar-refractivity contribution is 0.00342. The molecule has 0 amide bonds. The fourth-order valence-electron chi connectivity index (χ4n) is 1.48. The summed E-state index contributed by atoms with van der Waals surface area (Å²) in [5.74, 6) is 0.733. The smallest absolute Gasteiger partial charge is 0.0621 e. The molecule has 0 spiro atoms. The van der Waals surface area contributed by atoms with Gasteiger partial charge in [0.25, 0.3) is 0 Å². The van der Waals surface area contributed by atoms with Crippen LogP contribution in [0.3, 0.4) is 0 Å². The van der Waals surface area contributed by atoms with E-state index < -0.39 is 0 Å². The van der Waals surface area contributed by atoms with Gasteiger partial charge in [-0.05, 0) is 25.2 Å². The topological polar surface area (TPSA) is 29.5 Å². The molecule has 0 aromatic heterocycles. The van der Waals surface area contributed by atoms with E-state index in [0.717, 1.165) is 12.3 Å². The first-order valence-corrected chi connectivity index (χ1v) is 4.02. The molecule has 1 rings (SSSR count). The zero-order chi connectivity index (χ0) is 7.40. The molecule has 60 valence electrons. The molecular weight excluding hydrogens is 128 g/mol. The number of hydrogen-bond donors (Lipinski definition) is 1. The molecule has 0 radical (unpaired) electrons. The lowest BCUT2D eigenvalue weighted by Gasteiger charge is -2.32. The van der Waals surface area contributed by atoms with Crippen LogP contribution in [0.2, 0.25) is 0 Å². The first kappa shape index (κ1) is 8.02. The van der Waals surface area contributed by atoms with Crippen LogP contribution >= 0.6 is 0 Å². The van der Waals surface area contributed by atoms with Crippen LogP contribution in [0.1, 0.15) is 25.7 Å². The molecule has 1 fully saturated rings. The summed E-state index contributed by atoms with van der Waals surface area (Å²) in [7, 11) is 1.73. The predicted molar refractivity (Wildman–Crippen MR) is 39.8 cm³/mol. The van der Waals surface area contributed by atoms with E-state index >= 15 is 0 Å². The Hall–Kier alpha value is -0.0800. The molecule has 0 saturated heterocycles. The van der Waals surface area contributed by atoms with Crippen LogP contribution in [0.4, 0.5) is 0 Å². The van der Waals surface area contributed by atoms with Gasteiger partial charge in [0.2, 0.25) is 0 Å². The summed E-state index contributed by atoms with van der Waals surface area (Å²) in [6, 6.07) is 0. The number of ether oxygens (including phenoxy) is 1. The largest absolute Gasteiger partial charge is 0.396 e. The van der Waals surface area contributed by atoms with Crippen LogP contribution in [-0.2, 0) is 4.74 Å². The van der Waals surface area contributed by atoms with Crippen LogP contribution in [0.15, 0.2) is 0 Å². The molecule has 1 N–H and O–H groups in total. The van der Waals surface area contributed by atoms with Crippen LogP contribution in [0.5, 0.6) is 0 Å². The SMILES string of the molecule is COC(CCO)C1CCC1. The quantitative estimate of drug-likeness (QED) is 0.642. The van der Waals surface area contributed by atoms with Gasteiger partial charge in [0.15, 0.2) is 0 Å². The Labute approximate surface area is 62.2 Å². The zero-order valence-electron chi connectivity index (χ0n) is 6.55. The molecule has 0 aromatic rings. The minimum absolute atomic E-state index is 0.259. The highest BCUT2D eigenvalue weighted by molar-refractivity contribution is 4.77. The second-order valence-corrected chi connectivity index (χ2v) is 2.98. The Morgan fingerprint density at radius 1 is 1.60 bits per heavy atom. The van der Waals surface area contributed by atoms with Crippen molar-refractivity contribution in [2.24, 2.45) is 5.92 Å². The molecule has 10 heavy (non-hydrogen) atoms. The van der Waals surface area contributed by atoms with Crippen LogP contribution < -0.4 is 0 Å². The van der Waals surface area contributed by atoms with Crippen molar-refractivity contribution >= 4 is 0 Å². The summed E-state index contributed by atoms with van der Waals surface area (Å²) in [4.78, 5) is 0. The predicted octanol–water partition coefficient (Wildman–Crippen LogP) is 1.18. The van der Waals surface area contributed by atoms with E-state index in [1.54, 1.807) is 7.11 Å². The summed E-state index contributed by atoms with van der Waals surface area (Å²) in [5, 5.41) is 8.66. The highest BCUT2D eigenvalue weighted by atomic mass is 16.5. The van der Waals surface area contributed by atoms with Crippen molar-refractivity contribution in [3.8, 4) is 0 Å². The van der Waals surface area contributed by atoms with Gasteiger partial charge in [-0.15, -0.1) is 0 Å². The molecule has 2 heteroatoms. The van der Waals surface area contributed by atoms with E-state index in [2.05, 4.69) is 0 Å². The van der Waals surface area contributed by atoms with Gasteiger partial charge < -0.3 is 9.84 Å². The number of aliphatic hydroxyl groups is 1. The van der Waals surface area contributed by atoms with Crippen LogP contribution in [-0.4, -0.2) is 24.9 Å². The number of hydrogen-bond acceptors (Lipinski definition) is 2. The summed E-state index contributed by atoms with van der Waals surface area (Å²) in [6.07, 6.45) is 5.05. The summed E-state index contributed by atoms with van der Waals surface area (Å²) >= 11 is 0. The van der Waals surface area contributed by atoms with Crippen molar-refractivity contribution in [2.45, 2.75) is 31.8 Å². The number of rotatable bonds is 4. The Kier molecular flexibility index (Phi) is 3.16. The molecular formula is C8H16O2. The third kappa shape index (κ3) is 1.70. The highest BCUT2D eigenvalue weighted by Gasteiger charge is 2.26. The molecule has 0 heterocycles. The average molecular weight is 144 g/mol. The van der Waals surface area contributed by atoms with Gasteiger partial charge in [-0.3, -0.25) is 0 Å². The Balaban J connectivity index is 2.17. The van der Waals surface area contributed by atoms with E-state index in [1.807, 2.05) is 0 Å². The zero-order valence-corrected chi connectivity index (χ0v) is 6.55. The molecule has 1 atom stereocenters. The fraction of sp³-hybridized carbons (Fsp3) is 1.00. The third-order valence-corrected chi connectivity index (χ3v) is 2.39. The normalized spacial score (nSPS) is 22.2. The lowest BCUT2D eigenvalue weighted by atomic mass is 9.80. The summed E-state index contributed by atoms with van der Waals surface area (Å²) in [6.45, 7) is 0.259. The maximum Gasteiger partial charge on any atom is 0.0621 e. The van der Waals surface area contributed by atoms with Crippen LogP contribution in [0.25, 0.3) is 0 Å². The lowest BCUT2D eigenvalue weighted by Crippen LogP contribution is -2.29. The first-order valence-electron chi connectivity index (χ1n) is 4.02. The van der Waals surface area contributed by atoms with E-state index in [4.69, 9.17) is 9.84 Å². The second kappa shape index (κ2) is 3.94. The average Bonchev–Trinajstić information content (AvgIpc) is 1.83. The van der Waals surface area contributed by atoms with E-state index in [1.165, 1.54) is 19.3 Å². The van der Waals surface area contributed by atoms with E-state index in [0.29, 0.717) is 6.10 Å². The van der Waals surface area contributed by atoms with Crippen molar-refractivity contribution < 1.29 is 9.84 Å². The standard InChI is InChI=1S/C8H16O2/c1-10-8(5-6-9)7-3-2-4-7/h7-9H,2-6H2,1H3. The molecule has 1 aliphatic carbocycles. The van der Waals surface area contributed by atoms with Crippen molar-refractivity contribution in [3.05, 3.63) is 0 Å². The molecule has 0 bridgehead atoms. The number of methoxy groups -OCH3 is 1. The molecule has 1 aliphatic rings. The van der Waals surface area contributed by atoms with Gasteiger partial charge in [-0.25, -0.2) is 0 Å². The Bertz CT molecular complexity index is 89.3. The Morgan fingerprint density at radius 2 is 2.30 bits per heavy atom. The summed E-state index contributed by atoms with van der Waals surface area (Å²) < 4.78 is 5.23. The van der Waals surface area contributed by atoms with Crippen molar-refractivity contribution in [3.63, 3.8) is 0 Å². The van der Waals surface area contributed by atoms with Gasteiger partial charge in [-0.2, -0.15) is 0 Å². The first-order chi connectivity index (χ1) is 4.88. The molecule has 1 saturated carbocycles. The molecule has 2 nitrogen and oxygen atoms in total. The maximum absolute atomic E-state index is 8.66. The molecule has 1 unspecified atom stereocenters. The van der Waals surface area contributed by atoms with Crippen LogP contribution in [0, 0.1) is 5.92 Å². The third-order valence-electron chi connectivity index (χ3n) is 2.39. The minimum atomic E-state index is 0.259. The fourth-order valence-corrected chi connectivity index (χ4v) is 1.48. The van der Waals surface area contributed by atoms with Gasteiger partial charge >= 0.3 is 0 Å². The van der Waals surface area contributed by atoms with Gasteiger partial charge in [0.1, 0.15) is 0 Å². The minimum Gasteiger partial charge on any atom is -0.396 e. The molecule has 0 aliphatic heterocycles. The van der Waals surface area contributed by atoms with E-state index in [-0.39, 0.29) is 6.61 Å². The second-order valence-electron chi connectivity index (χ2n) is 2.98. The van der Waals surface area contributed by atoms with Gasteiger partial charge in [0.05, 0.1) is 6.10 Å². The van der Waals surface area contributed by atoms with Crippen molar-refractivity contribution in [1.29, 1.82) is 0 Å². The maximum atomic E-state index is 8.66. The van der Waals surface area contributed by atoms with Crippen molar-refractivity contribution in [2.75, 3.05) is 13.7 Å². The Morgan fingerprint density at radius 3 is 2.60 bits per heavy atom. The summed E-state index contributed by atoms with van der Waals surface area (Å²) in [5.41, 5.74) is 0.